The second-order valence-electron chi connectivity index (χ2n) is 5.20. The van der Waals surface area contributed by atoms with Crippen LogP contribution < -0.4 is 0 Å². The second kappa shape index (κ2) is 5.37. The largest absolute Gasteiger partial charge is 0.459 e. The third kappa shape index (κ3) is 3.34. The summed E-state index contributed by atoms with van der Waals surface area (Å²) in [6, 6.07) is 0.317. The van der Waals surface area contributed by atoms with E-state index < -0.39 is 0 Å². The predicted octanol–water partition coefficient (Wildman–Crippen LogP) is 1.98. The van der Waals surface area contributed by atoms with Crippen molar-refractivity contribution >= 4 is 5.97 Å². The van der Waals surface area contributed by atoms with Gasteiger partial charge in [-0.1, -0.05) is 12.5 Å². The third-order valence-electron chi connectivity index (χ3n) is 3.35. The molecule has 1 rings (SSSR count). The van der Waals surface area contributed by atoms with Crippen LogP contribution in [-0.2, 0) is 9.53 Å². The number of terminal acetylenes is 1. The number of hydrogen-bond acceptors (Lipinski definition) is 3. The van der Waals surface area contributed by atoms with Crippen LogP contribution in [0, 0.1) is 12.3 Å². The lowest BCUT2D eigenvalue weighted by atomic mass is 9.85. The molecule has 2 unspecified atom stereocenters. The van der Waals surface area contributed by atoms with Gasteiger partial charge in [0.2, 0.25) is 0 Å². The molecule has 0 aromatic rings. The van der Waals surface area contributed by atoms with Crippen molar-refractivity contribution in [3.8, 4) is 12.3 Å². The first-order valence-electron chi connectivity index (χ1n) is 5.94. The van der Waals surface area contributed by atoms with Crippen LogP contribution in [0.4, 0.5) is 0 Å². The highest BCUT2D eigenvalue weighted by molar-refractivity contribution is 5.81. The fourth-order valence-corrected chi connectivity index (χ4v) is 2.63. The van der Waals surface area contributed by atoms with Crippen molar-refractivity contribution in [2.24, 2.45) is 0 Å². The Morgan fingerprint density at radius 3 is 2.82 bits per heavy atom. The molecular formula is C14H21NO2. The Morgan fingerprint density at radius 1 is 1.71 bits per heavy atom. The Balaban J connectivity index is 2.71. The summed E-state index contributed by atoms with van der Waals surface area (Å²) in [6.45, 7) is 10.4. The van der Waals surface area contributed by atoms with Crippen molar-refractivity contribution in [2.45, 2.75) is 51.3 Å². The van der Waals surface area contributed by atoms with Crippen molar-refractivity contribution < 1.29 is 9.53 Å². The lowest BCUT2D eigenvalue weighted by Gasteiger charge is -2.48. The summed E-state index contributed by atoms with van der Waals surface area (Å²) in [6.07, 6.45) is 8.19. The monoisotopic (exact) mass is 235 g/mol. The maximum atomic E-state index is 11.2. The zero-order valence-corrected chi connectivity index (χ0v) is 10.9. The molecule has 0 radical (unpaired) electrons. The summed E-state index contributed by atoms with van der Waals surface area (Å²) < 4.78 is 5.34. The molecule has 94 valence electrons. The fourth-order valence-electron chi connectivity index (χ4n) is 2.63. The molecule has 0 N–H and O–H groups in total. The van der Waals surface area contributed by atoms with E-state index in [-0.39, 0.29) is 17.6 Å². The Labute approximate surface area is 104 Å². The summed E-state index contributed by atoms with van der Waals surface area (Å²) >= 11 is 0. The van der Waals surface area contributed by atoms with Gasteiger partial charge >= 0.3 is 5.97 Å². The standard InChI is InChI=1S/C14H21NO2/c1-6-8-15-11(3)9-12(10-14(15,4)5)17-13(16)7-2/h1,7,11-12H,2,8-10H2,3-5H3. The number of carbonyl (C=O) groups is 1. The zero-order valence-electron chi connectivity index (χ0n) is 10.9. The van der Waals surface area contributed by atoms with Crippen molar-refractivity contribution in [1.82, 2.24) is 4.90 Å². The van der Waals surface area contributed by atoms with Gasteiger partial charge in [-0.25, -0.2) is 4.79 Å². The molecule has 1 aliphatic rings. The Morgan fingerprint density at radius 2 is 2.35 bits per heavy atom. The average molecular weight is 235 g/mol. The van der Waals surface area contributed by atoms with Crippen molar-refractivity contribution in [2.75, 3.05) is 6.54 Å². The summed E-state index contributed by atoms with van der Waals surface area (Å²) in [5.41, 5.74) is -0.0455. The highest BCUT2D eigenvalue weighted by Gasteiger charge is 2.39. The molecule has 17 heavy (non-hydrogen) atoms. The van der Waals surface area contributed by atoms with Gasteiger partial charge in [0.05, 0.1) is 6.54 Å². The predicted molar refractivity (Wildman–Crippen MR) is 68.4 cm³/mol. The number of hydrogen-bond donors (Lipinski definition) is 0. The molecule has 0 aliphatic carbocycles. The molecule has 1 saturated heterocycles. The van der Waals surface area contributed by atoms with Crippen LogP contribution in [0.25, 0.3) is 0 Å². The van der Waals surface area contributed by atoms with E-state index in [1.54, 1.807) is 0 Å². The van der Waals surface area contributed by atoms with E-state index in [0.29, 0.717) is 12.6 Å². The molecule has 1 heterocycles. The molecule has 0 bridgehead atoms. The van der Waals surface area contributed by atoms with Crippen molar-refractivity contribution in [3.05, 3.63) is 12.7 Å². The van der Waals surface area contributed by atoms with Crippen LogP contribution >= 0.6 is 0 Å². The Kier molecular flexibility index (Phi) is 4.36. The van der Waals surface area contributed by atoms with Gasteiger partial charge in [0.15, 0.2) is 0 Å². The molecule has 0 saturated carbocycles. The first-order chi connectivity index (χ1) is 7.90. The first-order valence-corrected chi connectivity index (χ1v) is 5.94. The SMILES string of the molecule is C#CCN1C(C)CC(OC(=O)C=C)CC1(C)C. The summed E-state index contributed by atoms with van der Waals surface area (Å²) in [4.78, 5) is 13.5. The number of likely N-dealkylation sites (tertiary alicyclic amines) is 1. The van der Waals surface area contributed by atoms with E-state index in [2.05, 4.69) is 38.2 Å². The van der Waals surface area contributed by atoms with Crippen LogP contribution in [0.15, 0.2) is 12.7 Å². The number of esters is 1. The van der Waals surface area contributed by atoms with Crippen LogP contribution in [0.5, 0.6) is 0 Å². The molecule has 3 nitrogen and oxygen atoms in total. The van der Waals surface area contributed by atoms with E-state index in [1.165, 1.54) is 6.08 Å². The van der Waals surface area contributed by atoms with Crippen LogP contribution in [0.3, 0.4) is 0 Å². The summed E-state index contributed by atoms with van der Waals surface area (Å²) in [5.74, 6) is 2.35. The first kappa shape index (κ1) is 13.8. The molecule has 0 aromatic carbocycles. The smallest absolute Gasteiger partial charge is 0.330 e. The molecule has 0 aromatic heterocycles. The van der Waals surface area contributed by atoms with Crippen LogP contribution in [0.2, 0.25) is 0 Å². The molecule has 1 fully saturated rings. The van der Waals surface area contributed by atoms with Gasteiger partial charge < -0.3 is 4.74 Å². The van der Waals surface area contributed by atoms with Gasteiger partial charge in [-0.3, -0.25) is 4.90 Å². The maximum absolute atomic E-state index is 11.2. The van der Waals surface area contributed by atoms with E-state index in [1.807, 2.05) is 0 Å². The van der Waals surface area contributed by atoms with Crippen LogP contribution in [0.1, 0.15) is 33.6 Å². The normalized spacial score (nSPS) is 28.1. The number of rotatable bonds is 3. The number of nitrogens with zero attached hydrogens (tertiary/aromatic N) is 1. The van der Waals surface area contributed by atoms with Gasteiger partial charge in [0, 0.05) is 24.1 Å². The highest BCUT2D eigenvalue weighted by Crippen LogP contribution is 2.32. The lowest BCUT2D eigenvalue weighted by Crippen LogP contribution is -2.56. The third-order valence-corrected chi connectivity index (χ3v) is 3.35. The Hall–Kier alpha value is -1.27. The van der Waals surface area contributed by atoms with Gasteiger partial charge in [-0.05, 0) is 27.2 Å². The van der Waals surface area contributed by atoms with Gasteiger partial charge in [0.25, 0.3) is 0 Å². The average Bonchev–Trinajstić information content (AvgIpc) is 2.22. The number of ether oxygens (including phenoxy) is 1. The molecule has 3 heteroatoms. The molecule has 1 aliphatic heterocycles. The van der Waals surface area contributed by atoms with Gasteiger partial charge in [-0.2, -0.15) is 0 Å². The highest BCUT2D eigenvalue weighted by atomic mass is 16.5. The van der Waals surface area contributed by atoms with E-state index >= 15 is 0 Å². The van der Waals surface area contributed by atoms with Crippen molar-refractivity contribution in [1.29, 1.82) is 0 Å². The van der Waals surface area contributed by atoms with Crippen LogP contribution in [-0.4, -0.2) is 35.1 Å². The number of piperidine rings is 1. The lowest BCUT2D eigenvalue weighted by molar-refractivity contribution is -0.149. The van der Waals surface area contributed by atoms with E-state index in [9.17, 15) is 4.79 Å². The molecule has 0 spiro atoms. The minimum atomic E-state index is -0.344. The fraction of sp³-hybridized carbons (Fsp3) is 0.643. The van der Waals surface area contributed by atoms with E-state index in [4.69, 9.17) is 11.2 Å². The zero-order chi connectivity index (χ0) is 13.1. The molecule has 0 amide bonds. The summed E-state index contributed by atoms with van der Waals surface area (Å²) in [5, 5.41) is 0. The summed E-state index contributed by atoms with van der Waals surface area (Å²) in [7, 11) is 0. The van der Waals surface area contributed by atoms with Gasteiger partial charge in [0.1, 0.15) is 6.10 Å². The molecular weight excluding hydrogens is 214 g/mol. The maximum Gasteiger partial charge on any atom is 0.330 e. The molecule has 2 atom stereocenters. The quantitative estimate of drug-likeness (QED) is 0.425. The number of carbonyl (C=O) groups excluding carboxylic acids is 1. The van der Waals surface area contributed by atoms with Crippen molar-refractivity contribution in [3.63, 3.8) is 0 Å². The minimum Gasteiger partial charge on any atom is -0.459 e. The van der Waals surface area contributed by atoms with E-state index in [0.717, 1.165) is 12.8 Å². The second-order valence-corrected chi connectivity index (χ2v) is 5.20. The minimum absolute atomic E-state index is 0.0421. The topological polar surface area (TPSA) is 29.5 Å². The Bertz CT molecular complexity index is 341. The van der Waals surface area contributed by atoms with Gasteiger partial charge in [-0.15, -0.1) is 6.42 Å².